The van der Waals surface area contributed by atoms with Crippen molar-refractivity contribution in [2.45, 2.75) is 77.5 Å². The summed E-state index contributed by atoms with van der Waals surface area (Å²) in [6.45, 7) is 2.85. The van der Waals surface area contributed by atoms with Gasteiger partial charge >= 0.3 is 0 Å². The van der Waals surface area contributed by atoms with Crippen LogP contribution in [0, 0.1) is 0 Å². The molecule has 0 saturated heterocycles. The molecule has 0 bridgehead atoms. The van der Waals surface area contributed by atoms with Crippen molar-refractivity contribution < 1.29 is 9.84 Å². The molecule has 0 amide bonds. The number of fused-ring (bicyclic) bond motifs is 1. The van der Waals surface area contributed by atoms with Crippen LogP contribution in [0.5, 0.6) is 0 Å². The highest BCUT2D eigenvalue weighted by Gasteiger charge is 2.10. The van der Waals surface area contributed by atoms with E-state index in [0.29, 0.717) is 6.61 Å². The van der Waals surface area contributed by atoms with E-state index in [1.54, 1.807) is 10.9 Å². The molecule has 4 heteroatoms. The van der Waals surface area contributed by atoms with Crippen LogP contribution in [0.1, 0.15) is 77.5 Å². The van der Waals surface area contributed by atoms with Gasteiger partial charge in [-0.3, -0.25) is 4.57 Å². The molecule has 1 heterocycles. The van der Waals surface area contributed by atoms with Gasteiger partial charge in [0.25, 0.3) is 0 Å². The van der Waals surface area contributed by atoms with Crippen LogP contribution < -0.4 is 0 Å². The number of aliphatic hydroxyl groups excluding tert-OH is 1. The van der Waals surface area contributed by atoms with E-state index < -0.39 is 6.41 Å². The molecule has 134 valence electrons. The Kier molecular flexibility index (Phi) is 8.85. The van der Waals surface area contributed by atoms with Crippen molar-refractivity contribution in [2.75, 3.05) is 6.61 Å². The summed E-state index contributed by atoms with van der Waals surface area (Å²) in [6, 6.07) is 7.75. The fourth-order valence-corrected chi connectivity index (χ4v) is 3.01. The highest BCUT2D eigenvalue weighted by atomic mass is 16.6. The number of para-hydroxylation sites is 2. The van der Waals surface area contributed by atoms with E-state index >= 15 is 0 Å². The van der Waals surface area contributed by atoms with E-state index in [-0.39, 0.29) is 0 Å². The quantitative estimate of drug-likeness (QED) is 0.393. The zero-order chi connectivity index (χ0) is 17.0. The summed E-state index contributed by atoms with van der Waals surface area (Å²) in [6.07, 6.45) is 13.7. The second kappa shape index (κ2) is 11.2. The number of hydrogen-bond acceptors (Lipinski definition) is 3. The molecule has 2 rings (SSSR count). The van der Waals surface area contributed by atoms with Crippen LogP contribution in [-0.4, -0.2) is 21.3 Å². The van der Waals surface area contributed by atoms with Crippen molar-refractivity contribution >= 4 is 11.0 Å². The first kappa shape index (κ1) is 18.9. The average Bonchev–Trinajstić information content (AvgIpc) is 3.03. The van der Waals surface area contributed by atoms with Crippen LogP contribution in [0.2, 0.25) is 0 Å². The summed E-state index contributed by atoms with van der Waals surface area (Å²) in [5.74, 6) is 0. The molecule has 24 heavy (non-hydrogen) atoms. The number of benzene rings is 1. The van der Waals surface area contributed by atoms with E-state index in [4.69, 9.17) is 4.74 Å². The monoisotopic (exact) mass is 332 g/mol. The maximum Gasteiger partial charge on any atom is 0.243 e. The first-order valence-electron chi connectivity index (χ1n) is 9.54. The van der Waals surface area contributed by atoms with Crippen molar-refractivity contribution in [3.8, 4) is 0 Å². The summed E-state index contributed by atoms with van der Waals surface area (Å²) in [5, 5.41) is 10.2. The van der Waals surface area contributed by atoms with Crippen LogP contribution >= 0.6 is 0 Å². The van der Waals surface area contributed by atoms with E-state index in [0.717, 1.165) is 17.5 Å². The molecular weight excluding hydrogens is 300 g/mol. The maximum absolute atomic E-state index is 10.2. The molecule has 2 aromatic rings. The number of imidazole rings is 1. The predicted molar refractivity (Wildman–Crippen MR) is 98.8 cm³/mol. The molecule has 0 aliphatic heterocycles. The Balaban J connectivity index is 1.52. The maximum atomic E-state index is 10.2. The van der Waals surface area contributed by atoms with Crippen LogP contribution in [0.25, 0.3) is 11.0 Å². The fraction of sp³-hybridized carbons (Fsp3) is 0.650. The third-order valence-corrected chi connectivity index (χ3v) is 4.48. The lowest BCUT2D eigenvalue weighted by Gasteiger charge is -2.14. The zero-order valence-electron chi connectivity index (χ0n) is 15.0. The van der Waals surface area contributed by atoms with Crippen LogP contribution in [0.3, 0.4) is 0 Å². The standard InChI is InChI=1S/C20H32N2O2/c1-2-3-4-5-6-7-8-9-10-13-16-24-20(23)22-17-21-18-14-11-12-15-19(18)22/h11-12,14-15,17,20,23H,2-10,13,16H2,1H3. The molecule has 1 unspecified atom stereocenters. The molecule has 1 aromatic heterocycles. The molecule has 1 N–H and O–H groups in total. The van der Waals surface area contributed by atoms with Crippen molar-refractivity contribution in [1.29, 1.82) is 0 Å². The fourth-order valence-electron chi connectivity index (χ4n) is 3.01. The number of aromatic nitrogens is 2. The van der Waals surface area contributed by atoms with Gasteiger partial charge < -0.3 is 9.84 Å². The second-order valence-electron chi connectivity index (χ2n) is 6.52. The third kappa shape index (κ3) is 6.25. The van der Waals surface area contributed by atoms with Gasteiger partial charge in [-0.05, 0) is 18.6 Å². The first-order valence-corrected chi connectivity index (χ1v) is 9.54. The minimum atomic E-state index is -0.948. The second-order valence-corrected chi connectivity index (χ2v) is 6.52. The molecule has 0 spiro atoms. The lowest BCUT2D eigenvalue weighted by molar-refractivity contribution is -0.151. The molecule has 0 radical (unpaired) electrons. The van der Waals surface area contributed by atoms with E-state index in [9.17, 15) is 5.11 Å². The van der Waals surface area contributed by atoms with E-state index in [1.165, 1.54) is 57.8 Å². The molecule has 0 aliphatic rings. The van der Waals surface area contributed by atoms with Crippen LogP contribution in [0.4, 0.5) is 0 Å². The van der Waals surface area contributed by atoms with Gasteiger partial charge in [-0.15, -0.1) is 0 Å². The number of unbranched alkanes of at least 4 members (excludes halogenated alkanes) is 9. The largest absolute Gasteiger partial charge is 0.351 e. The Morgan fingerprint density at radius 3 is 2.29 bits per heavy atom. The number of ether oxygens (including phenoxy) is 1. The topological polar surface area (TPSA) is 47.3 Å². The Hall–Kier alpha value is -1.39. The first-order chi connectivity index (χ1) is 11.8. The Morgan fingerprint density at radius 1 is 0.958 bits per heavy atom. The number of rotatable bonds is 13. The lowest BCUT2D eigenvalue weighted by atomic mass is 10.1. The zero-order valence-corrected chi connectivity index (χ0v) is 15.0. The molecule has 1 aromatic carbocycles. The van der Waals surface area contributed by atoms with Gasteiger partial charge in [-0.2, -0.15) is 0 Å². The number of nitrogens with zero attached hydrogens (tertiary/aromatic N) is 2. The predicted octanol–water partition coefficient (Wildman–Crippen LogP) is 5.42. The highest BCUT2D eigenvalue weighted by molar-refractivity contribution is 5.74. The van der Waals surface area contributed by atoms with Gasteiger partial charge in [0, 0.05) is 0 Å². The summed E-state index contributed by atoms with van der Waals surface area (Å²) in [7, 11) is 0. The Bertz CT molecular complexity index is 568. The molecule has 0 saturated carbocycles. The van der Waals surface area contributed by atoms with Crippen molar-refractivity contribution in [3.05, 3.63) is 30.6 Å². The SMILES string of the molecule is CCCCCCCCCCCCOC(O)n1cnc2ccccc21. The van der Waals surface area contributed by atoms with Gasteiger partial charge in [-0.25, -0.2) is 4.98 Å². The summed E-state index contributed by atoms with van der Waals surface area (Å²) < 4.78 is 7.22. The van der Waals surface area contributed by atoms with Crippen LogP contribution in [-0.2, 0) is 4.74 Å². The lowest BCUT2D eigenvalue weighted by Crippen LogP contribution is -2.12. The van der Waals surface area contributed by atoms with Crippen molar-refractivity contribution in [2.24, 2.45) is 0 Å². The van der Waals surface area contributed by atoms with Crippen molar-refractivity contribution in [3.63, 3.8) is 0 Å². The third-order valence-electron chi connectivity index (χ3n) is 4.48. The highest BCUT2D eigenvalue weighted by Crippen LogP contribution is 2.17. The number of hydrogen-bond donors (Lipinski definition) is 1. The van der Waals surface area contributed by atoms with Gasteiger partial charge in [0.2, 0.25) is 6.41 Å². The summed E-state index contributed by atoms with van der Waals surface area (Å²) in [4.78, 5) is 4.27. The molecule has 4 nitrogen and oxygen atoms in total. The van der Waals surface area contributed by atoms with Gasteiger partial charge in [-0.1, -0.05) is 76.8 Å². The Morgan fingerprint density at radius 2 is 1.58 bits per heavy atom. The normalized spacial score (nSPS) is 12.8. The smallest absolute Gasteiger partial charge is 0.243 e. The van der Waals surface area contributed by atoms with Gasteiger partial charge in [0.15, 0.2) is 0 Å². The van der Waals surface area contributed by atoms with Crippen molar-refractivity contribution in [1.82, 2.24) is 9.55 Å². The Labute approximate surface area is 145 Å². The molecule has 1 atom stereocenters. The molecular formula is C20H32N2O2. The summed E-state index contributed by atoms with van der Waals surface area (Å²) >= 11 is 0. The van der Waals surface area contributed by atoms with Gasteiger partial charge in [0.1, 0.15) is 0 Å². The van der Waals surface area contributed by atoms with Crippen LogP contribution in [0.15, 0.2) is 30.6 Å². The molecule has 0 fully saturated rings. The number of aliphatic hydroxyl groups is 1. The minimum absolute atomic E-state index is 0.587. The average molecular weight is 332 g/mol. The summed E-state index contributed by atoms with van der Waals surface area (Å²) in [5.41, 5.74) is 1.77. The molecule has 0 aliphatic carbocycles. The van der Waals surface area contributed by atoms with E-state index in [1.807, 2.05) is 24.3 Å². The van der Waals surface area contributed by atoms with Gasteiger partial charge in [0.05, 0.1) is 24.0 Å². The minimum Gasteiger partial charge on any atom is -0.351 e. The van der Waals surface area contributed by atoms with E-state index in [2.05, 4.69) is 11.9 Å².